The Morgan fingerprint density at radius 1 is 0.571 bits per heavy atom. The Hall–Kier alpha value is -2.25. The van der Waals surface area contributed by atoms with Gasteiger partial charge in [0, 0.05) is 12.8 Å². The maximum absolute atomic E-state index is 12.5. The smallest absolute Gasteiger partial charge is 0.462 e. The highest BCUT2D eigenvalue weighted by molar-refractivity contribution is 7.47. The Morgan fingerprint density at radius 2 is 1.04 bits per heavy atom. The van der Waals surface area contributed by atoms with E-state index in [1.165, 1.54) is 44.9 Å². The summed E-state index contributed by atoms with van der Waals surface area (Å²) < 4.78 is 32.5. The molecule has 0 heterocycles. The van der Waals surface area contributed by atoms with Crippen LogP contribution in [-0.2, 0) is 32.7 Å². The zero-order valence-corrected chi connectivity index (χ0v) is 32.0. The molecule has 49 heavy (non-hydrogen) atoms. The van der Waals surface area contributed by atoms with Gasteiger partial charge in [0.05, 0.1) is 13.2 Å². The summed E-state index contributed by atoms with van der Waals surface area (Å²) in [7, 11) is -4.28. The number of hydrogen-bond acceptors (Lipinski definition) is 7. The number of carbonyl (C=O) groups excluding carboxylic acids is 2. The summed E-state index contributed by atoms with van der Waals surface area (Å²) in [6.45, 7) is 5.28. The minimum Gasteiger partial charge on any atom is -0.462 e. The number of esters is 2. The molecule has 0 rings (SSSR count). The third kappa shape index (κ3) is 35.4. The van der Waals surface area contributed by atoms with Crippen molar-refractivity contribution >= 4 is 19.8 Å². The quantitative estimate of drug-likeness (QED) is 0.0304. The molecule has 1 N–H and O–H groups in total. The van der Waals surface area contributed by atoms with Gasteiger partial charge in [0.1, 0.15) is 6.61 Å². The standard InChI is InChI=1S/C40H69O8P/c1-4-7-9-11-13-15-17-18-19-20-21-22-23-24-25-27-29-31-33-35-40(42)48-38(37-47-49(43,44)46-6-3)36-45-39(41)34-32-30-28-26-16-14-12-10-8-5-2/h7,9,13,15,18-19,21-22,24-25,38H,4-6,8,10-12,14,16-17,20,23,26-37H2,1-3H3,(H,43,44)/b9-7-,15-13-,19-18-,22-21-,25-24-. The SMILES string of the molecule is CC/C=C\C/C=C\C/C=C\C/C=C\C/C=C\CCCCCC(=O)OC(COC(=O)CCCCCCCCCCCC)COP(=O)(O)OCC. The highest BCUT2D eigenvalue weighted by Crippen LogP contribution is 2.43. The third-order valence-corrected chi connectivity index (χ3v) is 8.65. The lowest BCUT2D eigenvalue weighted by molar-refractivity contribution is -0.161. The van der Waals surface area contributed by atoms with E-state index in [0.717, 1.165) is 70.6 Å². The van der Waals surface area contributed by atoms with Gasteiger partial charge in [0.25, 0.3) is 0 Å². The summed E-state index contributed by atoms with van der Waals surface area (Å²) in [5.41, 5.74) is 0. The molecule has 0 fully saturated rings. The maximum Gasteiger partial charge on any atom is 0.472 e. The Bertz CT molecular complexity index is 985. The molecule has 282 valence electrons. The van der Waals surface area contributed by atoms with Crippen molar-refractivity contribution in [3.8, 4) is 0 Å². The van der Waals surface area contributed by atoms with Gasteiger partial charge >= 0.3 is 19.8 Å². The third-order valence-electron chi connectivity index (χ3n) is 7.59. The van der Waals surface area contributed by atoms with E-state index in [1.807, 2.05) is 0 Å². The van der Waals surface area contributed by atoms with Crippen molar-refractivity contribution in [1.82, 2.24) is 0 Å². The average Bonchev–Trinajstić information content (AvgIpc) is 3.07. The molecule has 0 bridgehead atoms. The molecule has 0 amide bonds. The highest BCUT2D eigenvalue weighted by Gasteiger charge is 2.25. The predicted octanol–water partition coefficient (Wildman–Crippen LogP) is 11.6. The van der Waals surface area contributed by atoms with Crippen LogP contribution < -0.4 is 0 Å². The fourth-order valence-corrected chi connectivity index (χ4v) is 5.59. The maximum atomic E-state index is 12.5. The molecule has 0 spiro atoms. The first-order chi connectivity index (χ1) is 23.8. The molecule has 0 aliphatic carbocycles. The molecular formula is C40H69O8P. The van der Waals surface area contributed by atoms with Crippen molar-refractivity contribution in [3.05, 3.63) is 60.8 Å². The van der Waals surface area contributed by atoms with Crippen LogP contribution in [0.1, 0.15) is 156 Å². The molecule has 9 heteroatoms. The Morgan fingerprint density at radius 3 is 1.57 bits per heavy atom. The summed E-state index contributed by atoms with van der Waals surface area (Å²) in [5, 5.41) is 0. The number of allylic oxidation sites excluding steroid dienone is 10. The Balaban J connectivity index is 4.22. The fourth-order valence-electron chi connectivity index (χ4n) is 4.83. The summed E-state index contributed by atoms with van der Waals surface area (Å²) in [6.07, 6.45) is 41.3. The normalized spacial score (nSPS) is 14.1. The van der Waals surface area contributed by atoms with E-state index in [1.54, 1.807) is 6.92 Å². The van der Waals surface area contributed by atoms with Crippen LogP contribution in [0.25, 0.3) is 0 Å². The van der Waals surface area contributed by atoms with Crippen LogP contribution in [0.4, 0.5) is 0 Å². The Labute approximate surface area is 299 Å². The zero-order valence-electron chi connectivity index (χ0n) is 31.1. The van der Waals surface area contributed by atoms with E-state index in [0.29, 0.717) is 6.42 Å². The number of phosphoric ester groups is 1. The average molecular weight is 709 g/mol. The number of hydrogen-bond donors (Lipinski definition) is 1. The zero-order chi connectivity index (χ0) is 36.1. The monoisotopic (exact) mass is 708 g/mol. The van der Waals surface area contributed by atoms with Gasteiger partial charge in [-0.3, -0.25) is 18.6 Å². The molecule has 0 aliphatic rings. The topological polar surface area (TPSA) is 108 Å². The molecule has 0 aromatic rings. The van der Waals surface area contributed by atoms with Crippen molar-refractivity contribution in [2.24, 2.45) is 0 Å². The molecule has 8 nitrogen and oxygen atoms in total. The largest absolute Gasteiger partial charge is 0.472 e. The minimum absolute atomic E-state index is 0.00824. The molecule has 0 saturated heterocycles. The molecule has 0 aliphatic heterocycles. The lowest BCUT2D eigenvalue weighted by atomic mass is 10.1. The van der Waals surface area contributed by atoms with Crippen molar-refractivity contribution in [2.75, 3.05) is 19.8 Å². The predicted molar refractivity (Wildman–Crippen MR) is 202 cm³/mol. The molecule has 2 atom stereocenters. The summed E-state index contributed by atoms with van der Waals surface area (Å²) >= 11 is 0. The molecule has 0 saturated carbocycles. The molecule has 2 unspecified atom stereocenters. The van der Waals surface area contributed by atoms with Crippen molar-refractivity contribution in [3.63, 3.8) is 0 Å². The van der Waals surface area contributed by atoms with Crippen LogP contribution in [-0.4, -0.2) is 42.8 Å². The van der Waals surface area contributed by atoms with E-state index >= 15 is 0 Å². The van der Waals surface area contributed by atoms with Crippen LogP contribution in [0.3, 0.4) is 0 Å². The fraction of sp³-hybridized carbons (Fsp3) is 0.700. The first kappa shape index (κ1) is 46.8. The Kier molecular flexibility index (Phi) is 33.9. The number of ether oxygens (including phenoxy) is 2. The van der Waals surface area contributed by atoms with Crippen molar-refractivity contribution < 1.29 is 37.6 Å². The second kappa shape index (κ2) is 35.6. The number of unbranched alkanes of at least 4 members (excludes halogenated alkanes) is 12. The van der Waals surface area contributed by atoms with Crippen LogP contribution in [0.5, 0.6) is 0 Å². The van der Waals surface area contributed by atoms with E-state index in [-0.39, 0.29) is 32.0 Å². The van der Waals surface area contributed by atoms with Gasteiger partial charge in [-0.2, -0.15) is 0 Å². The van der Waals surface area contributed by atoms with Gasteiger partial charge < -0.3 is 14.4 Å². The second-order valence-electron chi connectivity index (χ2n) is 12.2. The second-order valence-corrected chi connectivity index (χ2v) is 13.7. The van der Waals surface area contributed by atoms with Gasteiger partial charge in [-0.15, -0.1) is 0 Å². The molecule has 0 radical (unpaired) electrons. The first-order valence-electron chi connectivity index (χ1n) is 19.1. The molecular weight excluding hydrogens is 639 g/mol. The summed E-state index contributed by atoms with van der Waals surface area (Å²) in [4.78, 5) is 34.5. The molecule has 0 aromatic heterocycles. The van der Waals surface area contributed by atoms with Crippen LogP contribution >= 0.6 is 7.82 Å². The van der Waals surface area contributed by atoms with Crippen LogP contribution in [0.2, 0.25) is 0 Å². The van der Waals surface area contributed by atoms with Gasteiger partial charge in [0.15, 0.2) is 6.10 Å². The van der Waals surface area contributed by atoms with E-state index < -0.39 is 26.5 Å². The van der Waals surface area contributed by atoms with Crippen molar-refractivity contribution in [2.45, 2.75) is 162 Å². The van der Waals surface area contributed by atoms with Gasteiger partial charge in [-0.05, 0) is 64.7 Å². The van der Waals surface area contributed by atoms with Gasteiger partial charge in [0.2, 0.25) is 0 Å². The first-order valence-corrected chi connectivity index (χ1v) is 20.6. The summed E-state index contributed by atoms with van der Waals surface area (Å²) in [6, 6.07) is 0. The van der Waals surface area contributed by atoms with Gasteiger partial charge in [-0.25, -0.2) is 4.57 Å². The lowest BCUT2D eigenvalue weighted by Crippen LogP contribution is -2.29. The van der Waals surface area contributed by atoms with Crippen molar-refractivity contribution in [1.29, 1.82) is 0 Å². The number of phosphoric acid groups is 1. The lowest BCUT2D eigenvalue weighted by Gasteiger charge is -2.19. The minimum atomic E-state index is -4.28. The summed E-state index contributed by atoms with van der Waals surface area (Å²) in [5.74, 6) is -0.842. The van der Waals surface area contributed by atoms with Gasteiger partial charge in [-0.1, -0.05) is 139 Å². The molecule has 0 aromatic carbocycles. The van der Waals surface area contributed by atoms with E-state index in [4.69, 9.17) is 18.5 Å². The highest BCUT2D eigenvalue weighted by atomic mass is 31.2. The van der Waals surface area contributed by atoms with E-state index in [9.17, 15) is 19.0 Å². The van der Waals surface area contributed by atoms with E-state index in [2.05, 4.69) is 74.6 Å². The number of rotatable bonds is 34. The van der Waals surface area contributed by atoms with Crippen LogP contribution in [0.15, 0.2) is 60.8 Å². The number of carbonyl (C=O) groups is 2. The van der Waals surface area contributed by atoms with Crippen LogP contribution in [0, 0.1) is 0 Å².